The highest BCUT2D eigenvalue weighted by Crippen LogP contribution is 2.37. The van der Waals surface area contributed by atoms with Gasteiger partial charge >= 0.3 is 0 Å². The Bertz CT molecular complexity index is 1040. The third-order valence-electron chi connectivity index (χ3n) is 6.07. The van der Waals surface area contributed by atoms with Crippen LogP contribution in [0.25, 0.3) is 11.1 Å². The van der Waals surface area contributed by atoms with Gasteiger partial charge in [0.15, 0.2) is 0 Å². The zero-order chi connectivity index (χ0) is 22.2. The van der Waals surface area contributed by atoms with Gasteiger partial charge in [0.05, 0.1) is 11.1 Å². The van der Waals surface area contributed by atoms with E-state index in [1.165, 1.54) is 6.33 Å². The van der Waals surface area contributed by atoms with Gasteiger partial charge in [-0.25, -0.2) is 9.97 Å². The molecule has 1 N–H and O–H groups in total. The Kier molecular flexibility index (Phi) is 7.02. The lowest BCUT2D eigenvalue weighted by atomic mass is 9.73. The number of amides is 1. The number of piperidine rings is 1. The Labute approximate surface area is 189 Å². The predicted molar refractivity (Wildman–Crippen MR) is 126 cm³/mol. The van der Waals surface area contributed by atoms with Crippen LogP contribution in [0.4, 0.5) is 0 Å². The van der Waals surface area contributed by atoms with Crippen LogP contribution in [0.2, 0.25) is 0 Å². The largest absolute Gasteiger partial charge is 0.352 e. The minimum atomic E-state index is -0.526. The van der Waals surface area contributed by atoms with Crippen molar-refractivity contribution >= 4 is 5.91 Å². The maximum absolute atomic E-state index is 13.5. The number of nitrogens with one attached hydrogen (secondary N) is 1. The van der Waals surface area contributed by atoms with Crippen molar-refractivity contribution in [3.05, 3.63) is 91.3 Å². The molecule has 32 heavy (non-hydrogen) atoms. The lowest BCUT2D eigenvalue weighted by Crippen LogP contribution is -2.53. The van der Waals surface area contributed by atoms with Crippen molar-refractivity contribution in [3.8, 4) is 11.1 Å². The molecule has 1 aliphatic heterocycles. The smallest absolute Gasteiger partial charge is 0.228 e. The molecule has 2 aromatic heterocycles. The third kappa shape index (κ3) is 5.08. The van der Waals surface area contributed by atoms with Crippen molar-refractivity contribution in [3.63, 3.8) is 0 Å². The number of pyridine rings is 1. The summed E-state index contributed by atoms with van der Waals surface area (Å²) in [5.41, 5.74) is 3.67. The molecule has 1 amide bonds. The molecule has 0 bridgehead atoms. The second-order valence-electron chi connectivity index (χ2n) is 8.38. The molecule has 6 heteroatoms. The average Bonchev–Trinajstić information content (AvgIpc) is 2.84. The third-order valence-corrected chi connectivity index (χ3v) is 6.07. The topological polar surface area (TPSA) is 71.0 Å². The molecule has 1 aromatic carbocycles. The van der Waals surface area contributed by atoms with Gasteiger partial charge in [0.1, 0.15) is 6.33 Å². The van der Waals surface area contributed by atoms with E-state index in [1.807, 2.05) is 48.9 Å². The Balaban J connectivity index is 1.64. The Morgan fingerprint density at radius 3 is 2.75 bits per heavy atom. The zero-order valence-electron chi connectivity index (χ0n) is 18.3. The van der Waals surface area contributed by atoms with Crippen LogP contribution in [0, 0.1) is 5.41 Å². The van der Waals surface area contributed by atoms with Crippen molar-refractivity contribution < 1.29 is 4.79 Å². The van der Waals surface area contributed by atoms with E-state index in [0.717, 1.165) is 48.3 Å². The van der Waals surface area contributed by atoms with E-state index in [1.54, 1.807) is 6.08 Å². The van der Waals surface area contributed by atoms with E-state index in [9.17, 15) is 4.79 Å². The van der Waals surface area contributed by atoms with Crippen LogP contribution >= 0.6 is 0 Å². The number of carbonyl (C=O) groups excluding carboxylic acids is 1. The highest BCUT2D eigenvalue weighted by Gasteiger charge is 2.42. The fraction of sp³-hybridized carbons (Fsp3) is 0.308. The molecule has 1 atom stereocenters. The van der Waals surface area contributed by atoms with E-state index in [-0.39, 0.29) is 5.91 Å². The SMILES string of the molecule is C=CCNC(=O)[C@@]1(Cc2ccccc2-c2cncnc2)CCCN(Cc2ccccn2)C1. The number of hydrogen-bond acceptors (Lipinski definition) is 5. The highest BCUT2D eigenvalue weighted by atomic mass is 16.2. The maximum atomic E-state index is 13.5. The summed E-state index contributed by atoms with van der Waals surface area (Å²) in [5.74, 6) is 0.0854. The predicted octanol–water partition coefficient (Wildman–Crippen LogP) is 3.67. The van der Waals surface area contributed by atoms with E-state index in [2.05, 4.69) is 43.9 Å². The van der Waals surface area contributed by atoms with Gasteiger partial charge in [-0.15, -0.1) is 6.58 Å². The fourth-order valence-electron chi connectivity index (χ4n) is 4.60. The second-order valence-corrected chi connectivity index (χ2v) is 8.38. The van der Waals surface area contributed by atoms with Gasteiger partial charge in [-0.1, -0.05) is 36.4 Å². The minimum Gasteiger partial charge on any atom is -0.352 e. The van der Waals surface area contributed by atoms with Gasteiger partial charge in [0.2, 0.25) is 5.91 Å². The number of nitrogens with zero attached hydrogens (tertiary/aromatic N) is 4. The molecule has 0 radical (unpaired) electrons. The number of rotatable bonds is 8. The highest BCUT2D eigenvalue weighted by molar-refractivity contribution is 5.84. The summed E-state index contributed by atoms with van der Waals surface area (Å²) in [7, 11) is 0. The molecule has 6 nitrogen and oxygen atoms in total. The molecular formula is C26H29N5O. The van der Waals surface area contributed by atoms with Gasteiger partial charge in [-0.05, 0) is 49.1 Å². The molecule has 4 rings (SSSR count). The van der Waals surface area contributed by atoms with Crippen LogP contribution < -0.4 is 5.32 Å². The molecule has 0 saturated carbocycles. The van der Waals surface area contributed by atoms with Crippen LogP contribution in [0.3, 0.4) is 0 Å². The van der Waals surface area contributed by atoms with Gasteiger partial charge in [0, 0.05) is 43.8 Å². The number of hydrogen-bond donors (Lipinski definition) is 1. The first-order valence-corrected chi connectivity index (χ1v) is 11.0. The van der Waals surface area contributed by atoms with Gasteiger partial charge < -0.3 is 5.32 Å². The minimum absolute atomic E-state index is 0.0854. The van der Waals surface area contributed by atoms with E-state index in [4.69, 9.17) is 0 Å². The summed E-state index contributed by atoms with van der Waals surface area (Å²) in [4.78, 5) is 28.7. The first-order chi connectivity index (χ1) is 15.7. The van der Waals surface area contributed by atoms with Crippen molar-refractivity contribution in [1.82, 2.24) is 25.2 Å². The summed E-state index contributed by atoms with van der Waals surface area (Å²) in [5, 5.41) is 3.08. The molecule has 1 aliphatic rings. The zero-order valence-corrected chi connectivity index (χ0v) is 18.3. The van der Waals surface area contributed by atoms with Crippen LogP contribution in [0.1, 0.15) is 24.1 Å². The molecule has 164 valence electrons. The first-order valence-electron chi connectivity index (χ1n) is 11.0. The van der Waals surface area contributed by atoms with Crippen molar-refractivity contribution in [2.75, 3.05) is 19.6 Å². The van der Waals surface area contributed by atoms with Gasteiger partial charge in [-0.2, -0.15) is 0 Å². The normalized spacial score (nSPS) is 18.8. The Hall–Kier alpha value is -3.38. The van der Waals surface area contributed by atoms with E-state index < -0.39 is 5.41 Å². The van der Waals surface area contributed by atoms with Crippen LogP contribution in [-0.2, 0) is 17.8 Å². The molecule has 0 aliphatic carbocycles. The van der Waals surface area contributed by atoms with Crippen LogP contribution in [-0.4, -0.2) is 45.4 Å². The molecule has 3 heterocycles. The molecule has 0 spiro atoms. The molecular weight excluding hydrogens is 398 g/mol. The monoisotopic (exact) mass is 427 g/mol. The first kappa shape index (κ1) is 21.8. The summed E-state index contributed by atoms with van der Waals surface area (Å²) in [6.45, 7) is 6.62. The number of benzene rings is 1. The number of likely N-dealkylation sites (tertiary alicyclic amines) is 1. The second kappa shape index (κ2) is 10.3. The average molecular weight is 428 g/mol. The fourth-order valence-corrected chi connectivity index (χ4v) is 4.60. The van der Waals surface area contributed by atoms with Crippen molar-refractivity contribution in [2.24, 2.45) is 5.41 Å². The summed E-state index contributed by atoms with van der Waals surface area (Å²) in [6.07, 6.45) is 11.2. The van der Waals surface area contributed by atoms with E-state index in [0.29, 0.717) is 19.5 Å². The molecule has 1 fully saturated rings. The van der Waals surface area contributed by atoms with Gasteiger partial charge in [0.25, 0.3) is 0 Å². The molecule has 0 unspecified atom stereocenters. The van der Waals surface area contributed by atoms with Gasteiger partial charge in [-0.3, -0.25) is 14.7 Å². The number of aromatic nitrogens is 3. The Morgan fingerprint density at radius 2 is 1.97 bits per heavy atom. The van der Waals surface area contributed by atoms with Crippen LogP contribution in [0.15, 0.2) is 80.0 Å². The lowest BCUT2D eigenvalue weighted by molar-refractivity contribution is -0.134. The van der Waals surface area contributed by atoms with Crippen molar-refractivity contribution in [2.45, 2.75) is 25.8 Å². The summed E-state index contributed by atoms with van der Waals surface area (Å²) in [6, 6.07) is 14.2. The van der Waals surface area contributed by atoms with E-state index >= 15 is 0 Å². The standard InChI is InChI=1S/C26H29N5O/c1-2-12-30-25(32)26(11-7-14-31(19-26)18-23-9-5-6-13-29-23)15-21-8-3-4-10-24(21)22-16-27-20-28-17-22/h2-6,8-10,13,16-17,20H,1,7,11-12,14-15,18-19H2,(H,30,32)/t26-/m1/s1. The molecule has 3 aromatic rings. The Morgan fingerprint density at radius 1 is 1.16 bits per heavy atom. The van der Waals surface area contributed by atoms with Crippen molar-refractivity contribution in [1.29, 1.82) is 0 Å². The number of carbonyl (C=O) groups is 1. The van der Waals surface area contributed by atoms with Crippen LogP contribution in [0.5, 0.6) is 0 Å². The molecule has 1 saturated heterocycles. The summed E-state index contributed by atoms with van der Waals surface area (Å²) < 4.78 is 0. The summed E-state index contributed by atoms with van der Waals surface area (Å²) >= 11 is 0. The maximum Gasteiger partial charge on any atom is 0.228 e. The quantitative estimate of drug-likeness (QED) is 0.556. The lowest BCUT2D eigenvalue weighted by Gasteiger charge is -2.42.